The van der Waals surface area contributed by atoms with Gasteiger partial charge in [-0.1, -0.05) is 6.42 Å². The molecule has 0 spiro atoms. The molecule has 1 aliphatic heterocycles. The number of nitrogens with one attached hydrogen (secondary N) is 1. The highest BCUT2D eigenvalue weighted by molar-refractivity contribution is 7.22. The van der Waals surface area contributed by atoms with E-state index in [1.54, 1.807) is 17.4 Å². The summed E-state index contributed by atoms with van der Waals surface area (Å²) in [5.74, 6) is 0.897. The number of hydrogen-bond donors (Lipinski definition) is 1. The molecule has 3 heterocycles. The second-order valence-corrected chi connectivity index (χ2v) is 7.61. The van der Waals surface area contributed by atoms with Crippen molar-refractivity contribution in [2.24, 2.45) is 0 Å². The van der Waals surface area contributed by atoms with Crippen molar-refractivity contribution in [3.8, 4) is 16.3 Å². The van der Waals surface area contributed by atoms with Gasteiger partial charge in [0.1, 0.15) is 18.2 Å². The molecule has 1 fully saturated rings. The van der Waals surface area contributed by atoms with Crippen molar-refractivity contribution >= 4 is 21.4 Å². The van der Waals surface area contributed by atoms with Gasteiger partial charge in [0.15, 0.2) is 0 Å². The Morgan fingerprint density at radius 2 is 2.04 bits per heavy atom. The van der Waals surface area contributed by atoms with E-state index < -0.39 is 0 Å². The van der Waals surface area contributed by atoms with E-state index in [-0.39, 0.29) is 5.56 Å². The standard InChI is InChI=1S/C19H21N3O2S/c1-13-9-18(23)20-21-19(13)17-11-14-10-15(5-6-16(14)25-17)24-12-22-7-3-2-4-8-22/h5-6,9-11H,2-4,7-8,12H2,1H3,(H,20,23). The molecule has 1 aromatic carbocycles. The van der Waals surface area contributed by atoms with Crippen molar-refractivity contribution < 1.29 is 4.74 Å². The summed E-state index contributed by atoms with van der Waals surface area (Å²) in [5, 5.41) is 7.86. The van der Waals surface area contributed by atoms with E-state index in [9.17, 15) is 4.79 Å². The molecule has 3 aromatic rings. The quantitative estimate of drug-likeness (QED) is 0.774. The number of likely N-dealkylation sites (tertiary alicyclic amines) is 1. The summed E-state index contributed by atoms with van der Waals surface area (Å²) in [7, 11) is 0. The van der Waals surface area contributed by atoms with Crippen molar-refractivity contribution in [3.63, 3.8) is 0 Å². The second-order valence-electron chi connectivity index (χ2n) is 6.53. The predicted octanol–water partition coefficient (Wildman–Crippen LogP) is 3.78. The van der Waals surface area contributed by atoms with Crippen molar-refractivity contribution in [1.82, 2.24) is 15.1 Å². The van der Waals surface area contributed by atoms with Gasteiger partial charge in [0.2, 0.25) is 0 Å². The molecular weight excluding hydrogens is 334 g/mol. The molecule has 0 atom stereocenters. The summed E-state index contributed by atoms with van der Waals surface area (Å²) in [6.45, 7) is 4.82. The summed E-state index contributed by atoms with van der Waals surface area (Å²) in [5.41, 5.74) is 1.55. The van der Waals surface area contributed by atoms with Crippen LogP contribution in [0.25, 0.3) is 20.7 Å². The van der Waals surface area contributed by atoms with Crippen LogP contribution in [-0.2, 0) is 0 Å². The van der Waals surface area contributed by atoms with Crippen molar-refractivity contribution in [3.05, 3.63) is 46.2 Å². The maximum absolute atomic E-state index is 11.4. The van der Waals surface area contributed by atoms with Crippen LogP contribution in [0.5, 0.6) is 5.75 Å². The number of fused-ring (bicyclic) bond motifs is 1. The highest BCUT2D eigenvalue weighted by Crippen LogP contribution is 2.35. The summed E-state index contributed by atoms with van der Waals surface area (Å²) in [6.07, 6.45) is 3.86. The predicted molar refractivity (Wildman–Crippen MR) is 101 cm³/mol. The minimum atomic E-state index is -0.171. The van der Waals surface area contributed by atoms with Crippen LogP contribution in [0.15, 0.2) is 35.1 Å². The lowest BCUT2D eigenvalue weighted by molar-refractivity contribution is 0.106. The Kier molecular flexibility index (Phi) is 4.55. The fourth-order valence-electron chi connectivity index (χ4n) is 3.23. The number of nitrogens with zero attached hydrogens (tertiary/aromatic N) is 2. The molecular formula is C19H21N3O2S. The van der Waals surface area contributed by atoms with Crippen LogP contribution in [-0.4, -0.2) is 34.9 Å². The molecule has 0 aliphatic carbocycles. The highest BCUT2D eigenvalue weighted by atomic mass is 32.1. The molecule has 25 heavy (non-hydrogen) atoms. The molecule has 0 bridgehead atoms. The first-order chi connectivity index (χ1) is 12.2. The highest BCUT2D eigenvalue weighted by Gasteiger charge is 2.12. The molecule has 6 heteroatoms. The Balaban J connectivity index is 1.55. The Morgan fingerprint density at radius 1 is 1.20 bits per heavy atom. The van der Waals surface area contributed by atoms with Crippen molar-refractivity contribution in [2.45, 2.75) is 26.2 Å². The number of piperidine rings is 1. The zero-order valence-corrected chi connectivity index (χ0v) is 15.1. The lowest BCUT2D eigenvalue weighted by Crippen LogP contribution is -2.33. The van der Waals surface area contributed by atoms with Gasteiger partial charge in [-0.25, -0.2) is 5.10 Å². The molecule has 0 amide bonds. The number of hydrogen-bond acceptors (Lipinski definition) is 5. The number of rotatable bonds is 4. The van der Waals surface area contributed by atoms with E-state index in [0.29, 0.717) is 6.73 Å². The summed E-state index contributed by atoms with van der Waals surface area (Å²) < 4.78 is 7.16. The van der Waals surface area contributed by atoms with Gasteiger partial charge in [0.05, 0.1) is 4.88 Å². The normalized spacial score (nSPS) is 15.6. The number of benzene rings is 1. The van der Waals surface area contributed by atoms with Gasteiger partial charge >= 0.3 is 0 Å². The van der Waals surface area contributed by atoms with Crippen molar-refractivity contribution in [2.75, 3.05) is 19.8 Å². The van der Waals surface area contributed by atoms with Gasteiger partial charge in [-0.05, 0) is 55.0 Å². The van der Waals surface area contributed by atoms with Crippen LogP contribution in [0.1, 0.15) is 24.8 Å². The van der Waals surface area contributed by atoms with Gasteiger partial charge in [-0.2, -0.15) is 5.10 Å². The SMILES string of the molecule is Cc1cc(=O)[nH]nc1-c1cc2cc(OCN3CCCCC3)ccc2s1. The fraction of sp³-hybridized carbons (Fsp3) is 0.368. The molecule has 1 aliphatic rings. The van der Waals surface area contributed by atoms with Gasteiger partial charge in [-0.15, -0.1) is 11.3 Å². The third-order valence-corrected chi connectivity index (χ3v) is 5.71. The number of aromatic amines is 1. The van der Waals surface area contributed by atoms with Gasteiger partial charge < -0.3 is 4.74 Å². The number of aryl methyl sites for hydroxylation is 1. The first kappa shape index (κ1) is 16.3. The molecule has 0 saturated carbocycles. The first-order valence-corrected chi connectivity index (χ1v) is 9.46. The number of ether oxygens (including phenoxy) is 1. The molecule has 0 unspecified atom stereocenters. The van der Waals surface area contributed by atoms with E-state index in [2.05, 4.69) is 33.3 Å². The van der Waals surface area contributed by atoms with Crippen LogP contribution in [0.4, 0.5) is 0 Å². The van der Waals surface area contributed by atoms with Crippen LogP contribution in [0.3, 0.4) is 0 Å². The van der Waals surface area contributed by atoms with Crippen LogP contribution in [0, 0.1) is 6.92 Å². The van der Waals surface area contributed by atoms with Crippen LogP contribution in [0.2, 0.25) is 0 Å². The van der Waals surface area contributed by atoms with E-state index in [4.69, 9.17) is 4.74 Å². The molecule has 5 nitrogen and oxygen atoms in total. The fourth-order valence-corrected chi connectivity index (χ4v) is 4.33. The van der Waals surface area contributed by atoms with Crippen LogP contribution >= 0.6 is 11.3 Å². The van der Waals surface area contributed by atoms with Crippen LogP contribution < -0.4 is 10.3 Å². The number of H-pyrrole nitrogens is 1. The molecule has 130 valence electrons. The molecule has 4 rings (SSSR count). The summed E-state index contributed by atoms with van der Waals surface area (Å²) in [6, 6.07) is 9.90. The first-order valence-electron chi connectivity index (χ1n) is 8.64. The summed E-state index contributed by atoms with van der Waals surface area (Å²) >= 11 is 1.67. The van der Waals surface area contributed by atoms with Gasteiger partial charge in [-0.3, -0.25) is 9.69 Å². The largest absolute Gasteiger partial charge is 0.478 e. The lowest BCUT2D eigenvalue weighted by Gasteiger charge is -2.26. The van der Waals surface area contributed by atoms with E-state index in [1.807, 2.05) is 13.0 Å². The molecule has 2 aromatic heterocycles. The topological polar surface area (TPSA) is 58.2 Å². The average Bonchev–Trinajstić information content (AvgIpc) is 3.03. The second kappa shape index (κ2) is 6.98. The van der Waals surface area contributed by atoms with Crippen molar-refractivity contribution in [1.29, 1.82) is 0 Å². The Bertz CT molecular complexity index is 941. The minimum Gasteiger partial charge on any atom is -0.478 e. The third-order valence-electron chi connectivity index (χ3n) is 4.58. The maximum Gasteiger partial charge on any atom is 0.264 e. The molecule has 1 saturated heterocycles. The lowest BCUT2D eigenvalue weighted by atomic mass is 10.1. The molecule has 0 radical (unpaired) electrons. The third kappa shape index (κ3) is 3.60. The average molecular weight is 355 g/mol. The maximum atomic E-state index is 11.4. The zero-order valence-electron chi connectivity index (χ0n) is 14.2. The number of aromatic nitrogens is 2. The Hall–Kier alpha value is -2.18. The zero-order chi connectivity index (χ0) is 17.2. The van der Waals surface area contributed by atoms with Gasteiger partial charge in [0.25, 0.3) is 5.56 Å². The van der Waals surface area contributed by atoms with Gasteiger partial charge in [0, 0.05) is 23.9 Å². The summed E-state index contributed by atoms with van der Waals surface area (Å²) in [4.78, 5) is 14.8. The smallest absolute Gasteiger partial charge is 0.264 e. The monoisotopic (exact) mass is 355 g/mol. The Labute approximate surface area is 150 Å². The minimum absolute atomic E-state index is 0.171. The van der Waals surface area contributed by atoms with E-state index in [1.165, 1.54) is 24.0 Å². The number of thiophene rings is 1. The Morgan fingerprint density at radius 3 is 2.84 bits per heavy atom. The molecule has 1 N–H and O–H groups in total. The van der Waals surface area contributed by atoms with E-state index in [0.717, 1.165) is 40.4 Å². The van der Waals surface area contributed by atoms with E-state index >= 15 is 0 Å².